The van der Waals surface area contributed by atoms with E-state index in [1.54, 1.807) is 0 Å². The monoisotopic (exact) mass is 824 g/mol. The van der Waals surface area contributed by atoms with Crippen molar-refractivity contribution in [1.82, 2.24) is 0 Å². The molecule has 2 aliphatic rings. The van der Waals surface area contributed by atoms with E-state index < -0.39 is 5.41 Å². The maximum atomic E-state index is 2.52. The second-order valence-electron chi connectivity index (χ2n) is 17.8. The van der Waals surface area contributed by atoms with Crippen LogP contribution in [0.25, 0.3) is 119 Å². The minimum absolute atomic E-state index is 0.485. The van der Waals surface area contributed by atoms with Gasteiger partial charge in [-0.1, -0.05) is 182 Å². The van der Waals surface area contributed by atoms with Crippen molar-refractivity contribution in [3.05, 3.63) is 241 Å². The van der Waals surface area contributed by atoms with Crippen LogP contribution in [0, 0.1) is 0 Å². The molecule has 64 heavy (non-hydrogen) atoms. The number of fused-ring (bicyclic) bond motifs is 21. The first-order chi connectivity index (χ1) is 31.8. The highest BCUT2D eigenvalue weighted by atomic mass is 32.1. The summed E-state index contributed by atoms with van der Waals surface area (Å²) >= 11 is 1.88. The van der Waals surface area contributed by atoms with Crippen LogP contribution in [0.15, 0.2) is 218 Å². The lowest BCUT2D eigenvalue weighted by atomic mass is 9.69. The fourth-order valence-corrected chi connectivity index (χ4v) is 13.4. The zero-order chi connectivity index (χ0) is 41.7. The number of rotatable bonds is 2. The molecule has 0 unspecified atom stereocenters. The van der Waals surface area contributed by atoms with Crippen LogP contribution < -0.4 is 0 Å². The van der Waals surface area contributed by atoms with E-state index in [1.807, 2.05) is 11.3 Å². The molecule has 2 aliphatic carbocycles. The lowest BCUT2D eigenvalue weighted by Crippen LogP contribution is -2.26. The molecular weight excluding hydrogens is 789 g/mol. The van der Waals surface area contributed by atoms with E-state index in [1.165, 1.54) is 141 Å². The fourth-order valence-electron chi connectivity index (χ4n) is 12.3. The molecule has 0 saturated heterocycles. The van der Waals surface area contributed by atoms with Gasteiger partial charge >= 0.3 is 0 Å². The summed E-state index contributed by atoms with van der Waals surface area (Å²) in [6.07, 6.45) is 0. The van der Waals surface area contributed by atoms with Gasteiger partial charge in [-0.15, -0.1) is 11.3 Å². The Morgan fingerprint density at radius 3 is 1.38 bits per heavy atom. The maximum Gasteiger partial charge on any atom is 0.0731 e. The topological polar surface area (TPSA) is 0 Å². The Hall–Kier alpha value is -7.84. The molecule has 0 atom stereocenters. The van der Waals surface area contributed by atoms with Crippen LogP contribution in [-0.2, 0) is 5.41 Å². The Balaban J connectivity index is 1.05. The first-order valence-electron chi connectivity index (χ1n) is 22.3. The van der Waals surface area contributed by atoms with E-state index >= 15 is 0 Å². The van der Waals surface area contributed by atoms with Gasteiger partial charge < -0.3 is 0 Å². The van der Waals surface area contributed by atoms with Gasteiger partial charge in [0, 0.05) is 20.2 Å². The molecule has 1 aromatic heterocycles. The van der Waals surface area contributed by atoms with E-state index in [0.717, 1.165) is 0 Å². The second kappa shape index (κ2) is 12.6. The van der Waals surface area contributed by atoms with Crippen LogP contribution in [0.1, 0.15) is 22.3 Å². The molecule has 0 saturated carbocycles. The Morgan fingerprint density at radius 1 is 0.266 bits per heavy atom. The summed E-state index contributed by atoms with van der Waals surface area (Å²) in [6.45, 7) is 0. The number of hydrogen-bond acceptors (Lipinski definition) is 1. The lowest BCUT2D eigenvalue weighted by Gasteiger charge is -2.32. The lowest BCUT2D eigenvalue weighted by molar-refractivity contribution is 0.803. The summed E-state index contributed by atoms with van der Waals surface area (Å²) < 4.78 is 2.66. The van der Waals surface area contributed by atoms with Crippen LogP contribution in [0.2, 0.25) is 0 Å². The van der Waals surface area contributed by atoms with E-state index in [4.69, 9.17) is 0 Å². The molecule has 0 aliphatic heterocycles. The van der Waals surface area contributed by atoms with Gasteiger partial charge in [-0.25, -0.2) is 0 Å². The van der Waals surface area contributed by atoms with Gasteiger partial charge in [-0.3, -0.25) is 0 Å². The molecule has 1 heteroatoms. The Bertz CT molecular complexity index is 4100. The van der Waals surface area contributed by atoms with Crippen LogP contribution in [0.3, 0.4) is 0 Å². The molecular formula is C63H36S. The van der Waals surface area contributed by atoms with Gasteiger partial charge in [0.25, 0.3) is 0 Å². The van der Waals surface area contributed by atoms with Crippen molar-refractivity contribution in [1.29, 1.82) is 0 Å². The van der Waals surface area contributed by atoms with Crippen molar-refractivity contribution >= 4 is 85.4 Å². The van der Waals surface area contributed by atoms with Gasteiger partial charge in [0.2, 0.25) is 0 Å². The predicted octanol–water partition coefficient (Wildman–Crippen LogP) is 17.5. The van der Waals surface area contributed by atoms with Crippen molar-refractivity contribution < 1.29 is 0 Å². The summed E-state index contributed by atoms with van der Waals surface area (Å²) in [7, 11) is 0. The highest BCUT2D eigenvalue weighted by molar-refractivity contribution is 7.25. The highest BCUT2D eigenvalue weighted by Gasteiger charge is 2.53. The summed E-state index contributed by atoms with van der Waals surface area (Å²) in [4.78, 5) is 0. The summed E-state index contributed by atoms with van der Waals surface area (Å²) in [5, 5.41) is 15.5. The molecule has 0 fully saturated rings. The summed E-state index contributed by atoms with van der Waals surface area (Å²) in [5.74, 6) is 0. The predicted molar refractivity (Wildman–Crippen MR) is 274 cm³/mol. The molecule has 15 rings (SSSR count). The Kier molecular flexibility index (Phi) is 6.85. The van der Waals surface area contributed by atoms with Gasteiger partial charge in [-0.2, -0.15) is 0 Å². The van der Waals surface area contributed by atoms with E-state index in [9.17, 15) is 0 Å². The normalized spacial score (nSPS) is 13.4. The minimum Gasteiger partial charge on any atom is -0.135 e. The highest BCUT2D eigenvalue weighted by Crippen LogP contribution is 2.66. The average molecular weight is 825 g/mol. The maximum absolute atomic E-state index is 2.52. The van der Waals surface area contributed by atoms with Gasteiger partial charge in [-0.05, 0) is 157 Å². The van der Waals surface area contributed by atoms with Crippen molar-refractivity contribution in [3.8, 4) is 44.5 Å². The zero-order valence-corrected chi connectivity index (χ0v) is 35.5. The molecule has 1 heterocycles. The smallest absolute Gasteiger partial charge is 0.0731 e. The molecule has 0 amide bonds. The first kappa shape index (κ1) is 34.7. The molecule has 0 radical (unpaired) electrons. The van der Waals surface area contributed by atoms with Crippen LogP contribution >= 0.6 is 11.3 Å². The SMILES string of the molecule is c1ccc2c(c1)-c1ccccc1C21c2cc3ccccc3cc2-c2c1c1ccc(-c3c4ccccc4c(-c4ccc5sc6ccccc6c5c4)c4ccccc34)cc1c1ccccc21. The molecule has 13 aromatic rings. The standard InChI is InChI=1S/C63H36S/c1-2-16-38-36-56-53(33-37(38)15-1)61-45-21-4-3-17-41(45)51-34-39(29-31-50(51)62(61)63(56)54-26-12-9-18-42(54)43-19-10-13-27-55(43)63)59-46-22-5-7-24-48(46)60(49-25-8-6-23-47(49)59)40-30-32-58-52(35-40)44-20-11-14-28-57(44)64-58/h1-36H. The number of hydrogen-bond donors (Lipinski definition) is 0. The minimum atomic E-state index is -0.485. The van der Waals surface area contributed by atoms with Gasteiger partial charge in [0.05, 0.1) is 5.41 Å². The van der Waals surface area contributed by atoms with Crippen LogP contribution in [0.5, 0.6) is 0 Å². The third-order valence-electron chi connectivity index (χ3n) is 14.8. The van der Waals surface area contributed by atoms with Crippen molar-refractivity contribution in [3.63, 3.8) is 0 Å². The molecule has 0 nitrogen and oxygen atoms in total. The number of benzene rings is 12. The van der Waals surface area contributed by atoms with Crippen LogP contribution in [0.4, 0.5) is 0 Å². The molecule has 1 spiro atoms. The molecule has 294 valence electrons. The summed E-state index contributed by atoms with van der Waals surface area (Å²) in [6, 6.07) is 83.0. The third-order valence-corrected chi connectivity index (χ3v) is 15.9. The van der Waals surface area contributed by atoms with E-state index in [2.05, 4.69) is 218 Å². The molecule has 0 bridgehead atoms. The molecule has 0 N–H and O–H groups in total. The average Bonchev–Trinajstić information content (AvgIpc) is 3.98. The summed E-state index contributed by atoms with van der Waals surface area (Å²) in [5.41, 5.74) is 15.4. The quantitative estimate of drug-likeness (QED) is 0.120. The van der Waals surface area contributed by atoms with Crippen molar-refractivity contribution in [2.45, 2.75) is 5.41 Å². The van der Waals surface area contributed by atoms with Crippen LogP contribution in [-0.4, -0.2) is 0 Å². The first-order valence-corrected chi connectivity index (χ1v) is 23.1. The van der Waals surface area contributed by atoms with Crippen molar-refractivity contribution in [2.75, 3.05) is 0 Å². The Morgan fingerprint density at radius 2 is 0.734 bits per heavy atom. The third kappa shape index (κ3) is 4.37. The van der Waals surface area contributed by atoms with Gasteiger partial charge in [0.15, 0.2) is 0 Å². The Labute approximate surface area is 373 Å². The van der Waals surface area contributed by atoms with E-state index in [-0.39, 0.29) is 0 Å². The zero-order valence-electron chi connectivity index (χ0n) is 34.7. The number of thiophene rings is 1. The molecule has 12 aromatic carbocycles. The van der Waals surface area contributed by atoms with Gasteiger partial charge in [0.1, 0.15) is 0 Å². The second-order valence-corrected chi connectivity index (χ2v) is 18.9. The fraction of sp³-hybridized carbons (Fsp3) is 0.0159. The van der Waals surface area contributed by atoms with Crippen molar-refractivity contribution in [2.24, 2.45) is 0 Å². The van der Waals surface area contributed by atoms with E-state index in [0.29, 0.717) is 0 Å². The largest absolute Gasteiger partial charge is 0.135 e.